The Morgan fingerprint density at radius 2 is 2.05 bits per heavy atom. The van der Waals surface area contributed by atoms with Crippen LogP contribution in [0.3, 0.4) is 0 Å². The van der Waals surface area contributed by atoms with Gasteiger partial charge in [0.2, 0.25) is 5.88 Å². The van der Waals surface area contributed by atoms with E-state index in [0.29, 0.717) is 5.95 Å². The zero-order valence-electron chi connectivity index (χ0n) is 11.6. The third kappa shape index (κ3) is 2.93. The molecule has 7 nitrogen and oxygen atoms in total. The first-order chi connectivity index (χ1) is 10.7. The summed E-state index contributed by atoms with van der Waals surface area (Å²) in [5.41, 5.74) is 6.42. The van der Waals surface area contributed by atoms with E-state index in [2.05, 4.69) is 15.1 Å². The number of benzene rings is 1. The molecule has 0 aliphatic carbocycles. The molecule has 0 aliphatic heterocycles. The first-order valence-corrected chi connectivity index (χ1v) is 6.57. The molecule has 1 amide bonds. The molecule has 0 unspecified atom stereocenters. The Morgan fingerprint density at radius 1 is 1.23 bits per heavy atom. The first kappa shape index (κ1) is 13.7. The zero-order valence-corrected chi connectivity index (χ0v) is 11.6. The van der Waals surface area contributed by atoms with Crippen molar-refractivity contribution in [3.8, 4) is 11.8 Å². The molecule has 110 valence electrons. The first-order valence-electron chi connectivity index (χ1n) is 6.57. The molecule has 22 heavy (non-hydrogen) atoms. The van der Waals surface area contributed by atoms with E-state index in [1.807, 2.05) is 30.3 Å². The van der Waals surface area contributed by atoms with Crippen molar-refractivity contribution < 1.29 is 9.53 Å². The van der Waals surface area contributed by atoms with Crippen molar-refractivity contribution in [1.29, 1.82) is 0 Å². The number of carbonyl (C=O) groups is 1. The van der Waals surface area contributed by atoms with Gasteiger partial charge in [0.1, 0.15) is 12.2 Å². The van der Waals surface area contributed by atoms with Crippen LogP contribution in [0, 0.1) is 0 Å². The quantitative estimate of drug-likeness (QED) is 0.766. The lowest BCUT2D eigenvalue weighted by atomic mass is 10.2. The number of nitrogens with zero attached hydrogens (tertiary/aromatic N) is 4. The van der Waals surface area contributed by atoms with Gasteiger partial charge in [-0.15, -0.1) is 0 Å². The van der Waals surface area contributed by atoms with Gasteiger partial charge >= 0.3 is 0 Å². The number of hydrogen-bond donors (Lipinski definition) is 1. The van der Waals surface area contributed by atoms with E-state index in [-0.39, 0.29) is 18.1 Å². The van der Waals surface area contributed by atoms with Crippen LogP contribution < -0.4 is 10.5 Å². The minimum absolute atomic E-state index is 0.131. The number of nitrogens with two attached hydrogens (primary N) is 1. The highest BCUT2D eigenvalue weighted by Crippen LogP contribution is 2.17. The number of ether oxygens (including phenoxy) is 1. The molecular formula is C15H13N5O2. The summed E-state index contributed by atoms with van der Waals surface area (Å²) in [6.07, 6.45) is 4.64. The smallest absolute Gasteiger partial charge is 0.255 e. The van der Waals surface area contributed by atoms with E-state index in [1.165, 1.54) is 10.9 Å². The van der Waals surface area contributed by atoms with Gasteiger partial charge in [0.25, 0.3) is 11.9 Å². The van der Waals surface area contributed by atoms with Crippen molar-refractivity contribution >= 4 is 5.91 Å². The summed E-state index contributed by atoms with van der Waals surface area (Å²) in [6.45, 7) is 0.274. The lowest BCUT2D eigenvalue weighted by Gasteiger charge is -2.09. The van der Waals surface area contributed by atoms with Crippen LogP contribution in [0.4, 0.5) is 0 Å². The van der Waals surface area contributed by atoms with E-state index < -0.39 is 5.91 Å². The number of aromatic nitrogens is 4. The molecule has 0 saturated carbocycles. The Hall–Kier alpha value is -3.22. The van der Waals surface area contributed by atoms with Crippen LogP contribution >= 0.6 is 0 Å². The van der Waals surface area contributed by atoms with E-state index >= 15 is 0 Å². The summed E-state index contributed by atoms with van der Waals surface area (Å²) < 4.78 is 7.10. The Kier molecular flexibility index (Phi) is 3.78. The average molecular weight is 295 g/mol. The second kappa shape index (κ2) is 6.04. The number of primary amides is 1. The van der Waals surface area contributed by atoms with Crippen LogP contribution in [0.15, 0.2) is 55.0 Å². The number of amides is 1. The third-order valence-electron chi connectivity index (χ3n) is 2.93. The van der Waals surface area contributed by atoms with Crippen LogP contribution in [0.25, 0.3) is 5.95 Å². The normalized spacial score (nSPS) is 10.4. The molecule has 3 aromatic rings. The maximum Gasteiger partial charge on any atom is 0.255 e. The minimum atomic E-state index is -0.643. The molecule has 0 aliphatic rings. The summed E-state index contributed by atoms with van der Waals surface area (Å²) in [4.78, 5) is 19.8. The maximum absolute atomic E-state index is 11.5. The molecule has 2 heterocycles. The summed E-state index contributed by atoms with van der Waals surface area (Å²) in [5.74, 6) is -0.204. The summed E-state index contributed by atoms with van der Waals surface area (Å²) >= 11 is 0. The molecule has 0 spiro atoms. The monoisotopic (exact) mass is 295 g/mol. The lowest BCUT2D eigenvalue weighted by Crippen LogP contribution is -2.16. The predicted octanol–water partition coefficient (Wildman–Crippen LogP) is 1.34. The van der Waals surface area contributed by atoms with Crippen LogP contribution in [-0.2, 0) is 6.61 Å². The standard InChI is InChI=1S/C15H13N5O2/c16-13(21)12-9-17-15(20-8-4-7-18-20)19-14(12)22-10-11-5-2-1-3-6-11/h1-9H,10H2,(H2,16,21). The molecule has 0 radical (unpaired) electrons. The highest BCUT2D eigenvalue weighted by atomic mass is 16.5. The van der Waals surface area contributed by atoms with Gasteiger partial charge in [-0.1, -0.05) is 30.3 Å². The zero-order chi connectivity index (χ0) is 15.4. The van der Waals surface area contributed by atoms with Crippen molar-refractivity contribution in [3.63, 3.8) is 0 Å². The molecule has 2 aromatic heterocycles. The second-order valence-electron chi connectivity index (χ2n) is 4.48. The van der Waals surface area contributed by atoms with E-state index in [9.17, 15) is 4.79 Å². The molecule has 1 aromatic carbocycles. The van der Waals surface area contributed by atoms with Gasteiger partial charge in [-0.05, 0) is 11.6 Å². The van der Waals surface area contributed by atoms with E-state index in [1.54, 1.807) is 18.5 Å². The molecule has 0 saturated heterocycles. The molecule has 7 heteroatoms. The highest BCUT2D eigenvalue weighted by molar-refractivity contribution is 5.94. The van der Waals surface area contributed by atoms with Gasteiger partial charge in [-0.2, -0.15) is 10.1 Å². The molecule has 0 bridgehead atoms. The summed E-state index contributed by atoms with van der Waals surface area (Å²) in [5, 5.41) is 4.04. The molecule has 2 N–H and O–H groups in total. The van der Waals surface area contributed by atoms with Gasteiger partial charge < -0.3 is 10.5 Å². The van der Waals surface area contributed by atoms with Crippen molar-refractivity contribution in [2.24, 2.45) is 5.73 Å². The Bertz CT molecular complexity index is 772. The van der Waals surface area contributed by atoms with Gasteiger partial charge in [0, 0.05) is 18.6 Å². The molecule has 3 rings (SSSR count). The summed E-state index contributed by atoms with van der Waals surface area (Å²) in [6, 6.07) is 11.3. The Balaban J connectivity index is 1.89. The van der Waals surface area contributed by atoms with Crippen molar-refractivity contribution in [1.82, 2.24) is 19.7 Å². The van der Waals surface area contributed by atoms with Gasteiger partial charge in [0.15, 0.2) is 0 Å². The number of rotatable bonds is 5. The maximum atomic E-state index is 11.5. The summed E-state index contributed by atoms with van der Waals surface area (Å²) in [7, 11) is 0. The number of hydrogen-bond acceptors (Lipinski definition) is 5. The van der Waals surface area contributed by atoms with Crippen LogP contribution in [0.5, 0.6) is 5.88 Å². The van der Waals surface area contributed by atoms with E-state index in [4.69, 9.17) is 10.5 Å². The van der Waals surface area contributed by atoms with Gasteiger partial charge in [-0.3, -0.25) is 4.79 Å². The predicted molar refractivity (Wildman–Crippen MR) is 78.4 cm³/mol. The van der Waals surface area contributed by atoms with Crippen LogP contribution in [-0.4, -0.2) is 25.7 Å². The SMILES string of the molecule is NC(=O)c1cnc(-n2cccn2)nc1OCc1ccccc1. The third-order valence-corrected chi connectivity index (χ3v) is 2.93. The van der Waals surface area contributed by atoms with Crippen LogP contribution in [0.2, 0.25) is 0 Å². The van der Waals surface area contributed by atoms with Crippen molar-refractivity contribution in [3.05, 3.63) is 66.1 Å². The number of carbonyl (C=O) groups excluding carboxylic acids is 1. The Morgan fingerprint density at radius 3 is 2.73 bits per heavy atom. The molecule has 0 atom stereocenters. The molecule has 0 fully saturated rings. The fraction of sp³-hybridized carbons (Fsp3) is 0.0667. The molecular weight excluding hydrogens is 282 g/mol. The van der Waals surface area contributed by atoms with E-state index in [0.717, 1.165) is 5.56 Å². The van der Waals surface area contributed by atoms with Gasteiger partial charge in [0.05, 0.1) is 0 Å². The van der Waals surface area contributed by atoms with Crippen molar-refractivity contribution in [2.45, 2.75) is 6.61 Å². The Labute approximate surface area is 126 Å². The fourth-order valence-electron chi connectivity index (χ4n) is 1.86. The minimum Gasteiger partial charge on any atom is -0.472 e. The highest BCUT2D eigenvalue weighted by Gasteiger charge is 2.14. The topological polar surface area (TPSA) is 95.9 Å². The lowest BCUT2D eigenvalue weighted by molar-refractivity contribution is 0.0994. The fourth-order valence-corrected chi connectivity index (χ4v) is 1.86. The van der Waals surface area contributed by atoms with Gasteiger partial charge in [-0.25, -0.2) is 9.67 Å². The second-order valence-corrected chi connectivity index (χ2v) is 4.48. The largest absolute Gasteiger partial charge is 0.472 e. The average Bonchev–Trinajstić information content (AvgIpc) is 3.08. The van der Waals surface area contributed by atoms with Crippen LogP contribution in [0.1, 0.15) is 15.9 Å². The van der Waals surface area contributed by atoms with Crippen molar-refractivity contribution in [2.75, 3.05) is 0 Å².